The number of carboxylic acid groups (broad SMARTS) is 1. The number of carboxylic acids is 1. The molecule has 1 heterocycles. The number of aliphatic carboxylic acids is 1. The first kappa shape index (κ1) is 23.0. The summed E-state index contributed by atoms with van der Waals surface area (Å²) in [6, 6.07) is 7.53. The molecule has 1 aromatic rings. The Morgan fingerprint density at radius 1 is 1.11 bits per heavy atom. The topological polar surface area (TPSA) is 82.1 Å². The van der Waals surface area contributed by atoms with Gasteiger partial charge >= 0.3 is 174 Å². The van der Waals surface area contributed by atoms with Gasteiger partial charge in [-0.2, -0.15) is 0 Å². The number of carbonyl (C=O) groups is 2. The Bertz CT molecular complexity index is 707. The van der Waals surface area contributed by atoms with Crippen molar-refractivity contribution in [3.63, 3.8) is 0 Å². The van der Waals surface area contributed by atoms with Crippen LogP contribution in [0.5, 0.6) is 0 Å². The Hall–Kier alpha value is -1.30. The summed E-state index contributed by atoms with van der Waals surface area (Å²) < 4.78 is 16.3. The van der Waals surface area contributed by atoms with Crippen LogP contribution in [0, 0.1) is 0 Å². The van der Waals surface area contributed by atoms with Crippen molar-refractivity contribution in [3.8, 4) is 0 Å². The van der Waals surface area contributed by atoms with E-state index in [1.807, 2.05) is 52.0 Å². The predicted octanol–water partition coefficient (Wildman–Crippen LogP) is 2.77. The molecule has 2 unspecified atom stereocenters. The van der Waals surface area contributed by atoms with E-state index in [0.717, 1.165) is 11.0 Å². The summed E-state index contributed by atoms with van der Waals surface area (Å²) in [5, 5.41) is 9.51. The first-order valence-electron chi connectivity index (χ1n) is 9.37. The van der Waals surface area contributed by atoms with E-state index in [1.54, 1.807) is 20.8 Å². The zero-order valence-electron chi connectivity index (χ0n) is 17.7. The van der Waals surface area contributed by atoms with Crippen LogP contribution in [0.3, 0.4) is 0 Å². The molecule has 1 fully saturated rings. The quantitative estimate of drug-likeness (QED) is 0.669. The Kier molecular flexibility index (Phi) is 6.74. The molecule has 2 rings (SSSR count). The van der Waals surface area contributed by atoms with Gasteiger partial charge in [-0.1, -0.05) is 0 Å². The zero-order valence-corrected chi connectivity index (χ0v) is 19.8. The predicted molar refractivity (Wildman–Crippen MR) is 111 cm³/mol. The van der Waals surface area contributed by atoms with E-state index in [1.165, 1.54) is 0 Å². The number of ether oxygens (including phenoxy) is 1. The summed E-state index contributed by atoms with van der Waals surface area (Å²) in [6.07, 6.45) is 0.304. The maximum absolute atomic E-state index is 12.1. The number of rotatable bonds is 6. The van der Waals surface area contributed by atoms with Crippen LogP contribution in [-0.2, 0) is 25.3 Å². The van der Waals surface area contributed by atoms with Gasteiger partial charge in [-0.15, -0.1) is 0 Å². The molecule has 0 aliphatic carbocycles. The van der Waals surface area contributed by atoms with Crippen molar-refractivity contribution in [2.75, 3.05) is 0 Å². The third kappa shape index (κ3) is 5.85. The molecule has 6 nitrogen and oxygen atoms in total. The fourth-order valence-corrected chi connectivity index (χ4v) is 5.01. The van der Waals surface area contributed by atoms with Gasteiger partial charge < -0.3 is 0 Å². The van der Waals surface area contributed by atoms with Crippen molar-refractivity contribution in [1.82, 2.24) is 0 Å². The fraction of sp³-hybridized carbons (Fsp3) is 0.600. The van der Waals surface area contributed by atoms with Crippen LogP contribution in [0.4, 0.5) is 4.79 Å². The van der Waals surface area contributed by atoms with E-state index >= 15 is 0 Å². The molecule has 1 saturated heterocycles. The van der Waals surface area contributed by atoms with E-state index in [4.69, 9.17) is 14.0 Å². The van der Waals surface area contributed by atoms with Crippen LogP contribution in [0.15, 0.2) is 24.3 Å². The molecule has 0 saturated carbocycles. The first-order valence-corrected chi connectivity index (χ1v) is 11.6. The molecular formula is C20H30AsBO6. The molecule has 154 valence electrons. The van der Waals surface area contributed by atoms with Crippen LogP contribution < -0.4 is 5.46 Å². The normalized spacial score (nSPS) is 19.8. The summed E-state index contributed by atoms with van der Waals surface area (Å²) in [5.74, 6) is -0.958. The van der Waals surface area contributed by atoms with E-state index in [-0.39, 0.29) is 4.76 Å². The molecule has 2 atom stereocenters. The average molecular weight is 452 g/mol. The SMILES string of the molecule is CC(C)(C)OC(=O)[AsH]C(Cc1ccc(B2OC(C)(C)C(C)(C)O2)cc1)C(=O)O. The minimum atomic E-state index is -1.44. The van der Waals surface area contributed by atoms with Gasteiger partial charge in [-0.25, -0.2) is 0 Å². The molecule has 0 bridgehead atoms. The summed E-state index contributed by atoms with van der Waals surface area (Å²) in [5.41, 5.74) is 0.318. The molecule has 0 aromatic heterocycles. The van der Waals surface area contributed by atoms with Gasteiger partial charge in [0.05, 0.1) is 0 Å². The van der Waals surface area contributed by atoms with E-state index in [0.29, 0.717) is 6.42 Å². The zero-order chi connectivity index (χ0) is 21.3. The van der Waals surface area contributed by atoms with Gasteiger partial charge in [-0.3, -0.25) is 0 Å². The van der Waals surface area contributed by atoms with E-state index in [9.17, 15) is 14.7 Å². The second-order valence-electron chi connectivity index (χ2n) is 9.07. The van der Waals surface area contributed by atoms with Crippen LogP contribution >= 0.6 is 0 Å². The molecule has 1 aliphatic rings. The van der Waals surface area contributed by atoms with Gasteiger partial charge in [0, 0.05) is 0 Å². The van der Waals surface area contributed by atoms with Gasteiger partial charge in [0.1, 0.15) is 0 Å². The molecule has 0 spiro atoms. The molecule has 28 heavy (non-hydrogen) atoms. The molecular weight excluding hydrogens is 422 g/mol. The minimum absolute atomic E-state index is 0.304. The average Bonchev–Trinajstić information content (AvgIpc) is 2.73. The molecule has 0 amide bonds. The van der Waals surface area contributed by atoms with Gasteiger partial charge in [0.25, 0.3) is 0 Å². The van der Waals surface area contributed by atoms with Crippen molar-refractivity contribution in [2.45, 2.75) is 76.4 Å². The molecule has 8 heteroatoms. The van der Waals surface area contributed by atoms with Gasteiger partial charge in [-0.05, 0) is 0 Å². The monoisotopic (exact) mass is 452 g/mol. The Labute approximate surface area is 174 Å². The Balaban J connectivity index is 2.04. The molecule has 1 aromatic carbocycles. The van der Waals surface area contributed by atoms with Crippen LogP contribution in [0.25, 0.3) is 0 Å². The van der Waals surface area contributed by atoms with Crippen LogP contribution in [0.1, 0.15) is 54.0 Å². The van der Waals surface area contributed by atoms with Crippen molar-refractivity contribution < 1.29 is 28.7 Å². The Morgan fingerprint density at radius 3 is 2.04 bits per heavy atom. The van der Waals surface area contributed by atoms with Crippen molar-refractivity contribution >= 4 is 39.1 Å². The van der Waals surface area contributed by atoms with Crippen LogP contribution in [0.2, 0.25) is 4.71 Å². The number of hydrogen-bond acceptors (Lipinski definition) is 5. The second-order valence-corrected chi connectivity index (χ2v) is 12.0. The first-order chi connectivity index (χ1) is 12.7. The third-order valence-electron chi connectivity index (χ3n) is 4.93. The van der Waals surface area contributed by atoms with Crippen molar-refractivity contribution in [2.24, 2.45) is 0 Å². The molecule has 1 N–H and O–H groups in total. The molecule has 0 radical (unpaired) electrons. The van der Waals surface area contributed by atoms with Gasteiger partial charge in [0.2, 0.25) is 0 Å². The van der Waals surface area contributed by atoms with E-state index in [2.05, 4.69) is 0 Å². The number of hydrogen-bond donors (Lipinski definition) is 1. The van der Waals surface area contributed by atoms with E-state index < -0.39 is 50.3 Å². The van der Waals surface area contributed by atoms with Gasteiger partial charge in [0.15, 0.2) is 0 Å². The van der Waals surface area contributed by atoms with Crippen molar-refractivity contribution in [3.05, 3.63) is 29.8 Å². The third-order valence-corrected chi connectivity index (χ3v) is 7.32. The summed E-state index contributed by atoms with van der Waals surface area (Å²) in [4.78, 5) is 23.7. The second kappa shape index (κ2) is 8.21. The molecule has 1 aliphatic heterocycles. The summed E-state index contributed by atoms with van der Waals surface area (Å²) in [7, 11) is -0.454. The number of carbonyl (C=O) groups excluding carboxylic acids is 1. The van der Waals surface area contributed by atoms with Crippen LogP contribution in [-0.4, -0.2) is 55.5 Å². The standard InChI is InChI=1S/C20H30AsBO6/c1-18(2,3)26-17(25)21-15(16(23)24)12-13-8-10-14(11-9-13)22-27-19(4,5)20(6,7)28-22/h8-11,15,21H,12H2,1-7H3,(H,23,24). The Morgan fingerprint density at radius 2 is 1.61 bits per heavy atom. The van der Waals surface area contributed by atoms with Crippen molar-refractivity contribution in [1.29, 1.82) is 0 Å². The summed E-state index contributed by atoms with van der Waals surface area (Å²) in [6.45, 7) is 13.3. The fourth-order valence-electron chi connectivity index (χ4n) is 2.68. The maximum atomic E-state index is 12.1. The summed E-state index contributed by atoms with van der Waals surface area (Å²) >= 11 is -1.44. The number of benzene rings is 1.